The lowest BCUT2D eigenvalue weighted by Crippen LogP contribution is -2.32. The second-order valence-corrected chi connectivity index (χ2v) is 7.22. The van der Waals surface area contributed by atoms with Gasteiger partial charge in [0.2, 0.25) is 0 Å². The van der Waals surface area contributed by atoms with Crippen LogP contribution in [0, 0.1) is 13.8 Å². The second-order valence-electron chi connectivity index (χ2n) is 6.83. The average Bonchev–Trinajstić information content (AvgIpc) is 3.05. The summed E-state index contributed by atoms with van der Waals surface area (Å²) in [6, 6.07) is 8.58. The van der Waals surface area contributed by atoms with Gasteiger partial charge >= 0.3 is 0 Å². The fourth-order valence-corrected chi connectivity index (χ4v) is 4.32. The van der Waals surface area contributed by atoms with Crippen LogP contribution >= 0.6 is 12.2 Å². The number of aliphatic hydroxyl groups is 1. The molecule has 2 aromatic heterocycles. The standard InChI is InChI=1S/C19H26N4OS/c1-12(2)23-13(3)11-15(14(23)4)18-17(16-7-5-6-8-20-16)21-19(25)22(18)9-10-24/h5-8,11-12,17-18,24H,9-10H2,1-4H3,(H,21,25)/t17-,18+/m1/s1. The molecule has 2 aromatic rings. The van der Waals surface area contributed by atoms with Crippen molar-refractivity contribution in [3.63, 3.8) is 0 Å². The molecular formula is C19H26N4OS. The SMILES string of the molecule is Cc1cc([C@H]2[C@@H](c3ccccn3)NC(=S)N2CCO)c(C)n1C(C)C. The van der Waals surface area contributed by atoms with Crippen molar-refractivity contribution in [3.05, 3.63) is 53.1 Å². The van der Waals surface area contributed by atoms with E-state index < -0.39 is 0 Å². The Bertz CT molecular complexity index is 756. The van der Waals surface area contributed by atoms with Crippen molar-refractivity contribution in [2.45, 2.75) is 45.8 Å². The Hall–Kier alpha value is -1.92. The van der Waals surface area contributed by atoms with E-state index in [4.69, 9.17) is 12.2 Å². The highest BCUT2D eigenvalue weighted by molar-refractivity contribution is 7.80. The predicted molar refractivity (Wildman–Crippen MR) is 104 cm³/mol. The molecular weight excluding hydrogens is 332 g/mol. The van der Waals surface area contributed by atoms with Crippen LogP contribution in [0.4, 0.5) is 0 Å². The van der Waals surface area contributed by atoms with E-state index in [1.165, 1.54) is 17.0 Å². The summed E-state index contributed by atoms with van der Waals surface area (Å²) in [7, 11) is 0. The monoisotopic (exact) mass is 358 g/mol. The van der Waals surface area contributed by atoms with Crippen LogP contribution in [0.1, 0.15) is 54.6 Å². The van der Waals surface area contributed by atoms with E-state index >= 15 is 0 Å². The molecule has 2 N–H and O–H groups in total. The van der Waals surface area contributed by atoms with E-state index in [0.29, 0.717) is 17.7 Å². The van der Waals surface area contributed by atoms with Crippen LogP contribution in [0.3, 0.4) is 0 Å². The minimum Gasteiger partial charge on any atom is -0.395 e. The first-order chi connectivity index (χ1) is 12.0. The van der Waals surface area contributed by atoms with E-state index in [0.717, 1.165) is 5.69 Å². The Morgan fingerprint density at radius 2 is 2.08 bits per heavy atom. The Morgan fingerprint density at radius 3 is 2.64 bits per heavy atom. The van der Waals surface area contributed by atoms with E-state index in [9.17, 15) is 5.11 Å². The van der Waals surface area contributed by atoms with Crippen molar-refractivity contribution in [3.8, 4) is 0 Å². The molecule has 0 bridgehead atoms. The summed E-state index contributed by atoms with van der Waals surface area (Å²) in [5.74, 6) is 0. The summed E-state index contributed by atoms with van der Waals surface area (Å²) in [4.78, 5) is 6.63. The Balaban J connectivity index is 2.10. The lowest BCUT2D eigenvalue weighted by atomic mass is 9.97. The molecule has 3 rings (SSSR count). The number of nitrogens with zero attached hydrogens (tertiary/aromatic N) is 3. The molecule has 25 heavy (non-hydrogen) atoms. The molecule has 0 unspecified atom stereocenters. The van der Waals surface area contributed by atoms with Crippen molar-refractivity contribution in [1.29, 1.82) is 0 Å². The van der Waals surface area contributed by atoms with Crippen LogP contribution in [-0.4, -0.2) is 37.8 Å². The zero-order valence-corrected chi connectivity index (χ0v) is 16.0. The van der Waals surface area contributed by atoms with Crippen LogP contribution in [0.25, 0.3) is 0 Å². The Labute approximate surface area is 154 Å². The molecule has 1 aliphatic heterocycles. The first-order valence-corrected chi connectivity index (χ1v) is 9.13. The van der Waals surface area contributed by atoms with Gasteiger partial charge in [-0.3, -0.25) is 4.98 Å². The molecule has 0 spiro atoms. The molecule has 3 heterocycles. The van der Waals surface area contributed by atoms with Crippen LogP contribution in [0.2, 0.25) is 0 Å². The normalized spacial score (nSPS) is 20.4. The van der Waals surface area contributed by atoms with Crippen LogP contribution < -0.4 is 5.32 Å². The van der Waals surface area contributed by atoms with E-state index in [2.05, 4.69) is 53.5 Å². The van der Waals surface area contributed by atoms with Gasteiger partial charge in [0.15, 0.2) is 5.11 Å². The Morgan fingerprint density at radius 1 is 1.32 bits per heavy atom. The van der Waals surface area contributed by atoms with Gasteiger partial charge in [0, 0.05) is 30.2 Å². The van der Waals surface area contributed by atoms with E-state index in [-0.39, 0.29) is 18.7 Å². The minimum absolute atomic E-state index is 0.0215. The van der Waals surface area contributed by atoms with Gasteiger partial charge in [-0.2, -0.15) is 0 Å². The molecule has 0 radical (unpaired) electrons. The molecule has 0 aromatic carbocycles. The van der Waals surface area contributed by atoms with Gasteiger partial charge < -0.3 is 19.9 Å². The number of hydrogen-bond acceptors (Lipinski definition) is 3. The molecule has 1 saturated heterocycles. The maximum atomic E-state index is 9.53. The van der Waals surface area contributed by atoms with Gasteiger partial charge in [-0.1, -0.05) is 6.07 Å². The molecule has 0 amide bonds. The van der Waals surface area contributed by atoms with Crippen LogP contribution in [-0.2, 0) is 0 Å². The summed E-state index contributed by atoms with van der Waals surface area (Å²) in [5, 5.41) is 13.6. The lowest BCUT2D eigenvalue weighted by Gasteiger charge is -2.27. The number of pyridine rings is 1. The molecule has 5 nitrogen and oxygen atoms in total. The number of rotatable bonds is 5. The quantitative estimate of drug-likeness (QED) is 0.805. The van der Waals surface area contributed by atoms with Gasteiger partial charge in [0.1, 0.15) is 0 Å². The zero-order valence-electron chi connectivity index (χ0n) is 15.2. The summed E-state index contributed by atoms with van der Waals surface area (Å²) in [5.41, 5.74) is 4.68. The first kappa shape index (κ1) is 17.9. The van der Waals surface area contributed by atoms with Crippen molar-refractivity contribution < 1.29 is 5.11 Å². The minimum atomic E-state index is -0.0265. The number of aliphatic hydroxyl groups excluding tert-OH is 1. The summed E-state index contributed by atoms with van der Waals surface area (Å²) in [6.07, 6.45) is 1.81. The largest absolute Gasteiger partial charge is 0.395 e. The third-order valence-corrected chi connectivity index (χ3v) is 5.25. The summed E-state index contributed by atoms with van der Waals surface area (Å²) >= 11 is 5.56. The molecule has 0 aliphatic carbocycles. The number of aryl methyl sites for hydroxylation is 1. The fraction of sp³-hybridized carbons (Fsp3) is 0.474. The highest BCUT2D eigenvalue weighted by Gasteiger charge is 2.41. The maximum Gasteiger partial charge on any atom is 0.170 e. The number of thiocarbonyl (C=S) groups is 1. The molecule has 134 valence electrons. The third-order valence-electron chi connectivity index (χ3n) is 4.90. The van der Waals surface area contributed by atoms with Crippen molar-refractivity contribution in [2.75, 3.05) is 13.2 Å². The van der Waals surface area contributed by atoms with Crippen molar-refractivity contribution in [1.82, 2.24) is 19.8 Å². The summed E-state index contributed by atoms with van der Waals surface area (Å²) in [6.45, 7) is 9.27. The number of aromatic nitrogens is 2. The number of hydrogen-bond donors (Lipinski definition) is 2. The van der Waals surface area contributed by atoms with Crippen LogP contribution in [0.15, 0.2) is 30.5 Å². The van der Waals surface area contributed by atoms with E-state index in [1.54, 1.807) is 0 Å². The van der Waals surface area contributed by atoms with Crippen molar-refractivity contribution in [2.24, 2.45) is 0 Å². The number of β-amino-alcohol motifs (C(OH)–C–C–N with tert-alkyl or cyclic N) is 1. The van der Waals surface area contributed by atoms with Gasteiger partial charge in [-0.25, -0.2) is 0 Å². The van der Waals surface area contributed by atoms with E-state index in [1.807, 2.05) is 24.4 Å². The van der Waals surface area contributed by atoms with Gasteiger partial charge in [-0.05, 0) is 63.7 Å². The maximum absolute atomic E-state index is 9.53. The third kappa shape index (κ3) is 3.16. The van der Waals surface area contributed by atoms with Gasteiger partial charge in [-0.15, -0.1) is 0 Å². The van der Waals surface area contributed by atoms with Gasteiger partial charge in [0.25, 0.3) is 0 Å². The molecule has 6 heteroatoms. The first-order valence-electron chi connectivity index (χ1n) is 8.73. The molecule has 0 saturated carbocycles. The highest BCUT2D eigenvalue weighted by atomic mass is 32.1. The topological polar surface area (TPSA) is 53.3 Å². The Kier molecular flexibility index (Phi) is 5.11. The van der Waals surface area contributed by atoms with Crippen LogP contribution in [0.5, 0.6) is 0 Å². The second kappa shape index (κ2) is 7.14. The summed E-state index contributed by atoms with van der Waals surface area (Å²) < 4.78 is 2.35. The molecule has 1 fully saturated rings. The molecule has 2 atom stereocenters. The number of nitrogens with one attached hydrogen (secondary N) is 1. The lowest BCUT2D eigenvalue weighted by molar-refractivity contribution is 0.222. The molecule has 1 aliphatic rings. The highest BCUT2D eigenvalue weighted by Crippen LogP contribution is 2.41. The van der Waals surface area contributed by atoms with Crippen molar-refractivity contribution >= 4 is 17.3 Å². The fourth-order valence-electron chi connectivity index (χ4n) is 3.99. The zero-order chi connectivity index (χ0) is 18.1. The average molecular weight is 359 g/mol. The predicted octanol–water partition coefficient (Wildman–Crippen LogP) is 3.05. The smallest absolute Gasteiger partial charge is 0.170 e. The van der Waals surface area contributed by atoms with Gasteiger partial charge in [0.05, 0.1) is 24.4 Å².